The summed E-state index contributed by atoms with van der Waals surface area (Å²) in [4.78, 5) is 14.8. The maximum absolute atomic E-state index is 12.5. The van der Waals surface area contributed by atoms with Crippen molar-refractivity contribution in [2.75, 3.05) is 6.61 Å². The molecule has 0 aliphatic carbocycles. The second-order valence-electron chi connectivity index (χ2n) is 5.52. The summed E-state index contributed by atoms with van der Waals surface area (Å²) in [5.41, 5.74) is -0.500. The molecule has 0 aliphatic rings. The highest BCUT2D eigenvalue weighted by atomic mass is 32.2. The van der Waals surface area contributed by atoms with E-state index in [1.807, 2.05) is 18.2 Å². The van der Waals surface area contributed by atoms with Crippen LogP contribution in [0.1, 0.15) is 53.4 Å². The Hall–Kier alpha value is -1.22. The molecule has 0 spiro atoms. The summed E-state index contributed by atoms with van der Waals surface area (Å²) in [7, 11) is 0. The van der Waals surface area contributed by atoms with Gasteiger partial charge in [0.15, 0.2) is 0 Å². The number of hydrogen-bond donors (Lipinski definition) is 0. The number of carbonyl (C=O) groups is 1. The standard InChI is InChI=1S/C19H28O2S/c1-5-8-14-21-18(20)19(6-2,7-3)15-16(4)22-17-12-10-9-11-13-17/h9-13,15H,5-8,14H2,1-4H3/b16-15+. The lowest BCUT2D eigenvalue weighted by atomic mass is 9.82. The minimum atomic E-state index is -0.500. The molecular formula is C19H28O2S. The second kappa shape index (κ2) is 9.73. The Morgan fingerprint density at radius 3 is 2.36 bits per heavy atom. The van der Waals surface area contributed by atoms with Gasteiger partial charge in [0, 0.05) is 4.90 Å². The zero-order valence-corrected chi connectivity index (χ0v) is 15.0. The third kappa shape index (κ3) is 5.53. The van der Waals surface area contributed by atoms with Crippen LogP contribution < -0.4 is 0 Å². The van der Waals surface area contributed by atoms with Crippen LogP contribution in [0.25, 0.3) is 0 Å². The van der Waals surface area contributed by atoms with Crippen LogP contribution in [-0.2, 0) is 9.53 Å². The fraction of sp³-hybridized carbons (Fsp3) is 0.526. The van der Waals surface area contributed by atoms with Gasteiger partial charge >= 0.3 is 5.97 Å². The number of hydrogen-bond acceptors (Lipinski definition) is 3. The van der Waals surface area contributed by atoms with Crippen LogP contribution in [0.3, 0.4) is 0 Å². The van der Waals surface area contributed by atoms with Gasteiger partial charge in [-0.25, -0.2) is 0 Å². The molecule has 122 valence electrons. The van der Waals surface area contributed by atoms with E-state index in [0.29, 0.717) is 6.61 Å². The van der Waals surface area contributed by atoms with Crippen LogP contribution in [0.5, 0.6) is 0 Å². The van der Waals surface area contributed by atoms with Crippen LogP contribution in [0, 0.1) is 5.41 Å². The van der Waals surface area contributed by atoms with Crippen molar-refractivity contribution >= 4 is 17.7 Å². The van der Waals surface area contributed by atoms with Crippen LogP contribution in [0.4, 0.5) is 0 Å². The van der Waals surface area contributed by atoms with Gasteiger partial charge in [-0.15, -0.1) is 0 Å². The third-order valence-corrected chi connectivity index (χ3v) is 4.85. The summed E-state index contributed by atoms with van der Waals surface area (Å²) in [5, 5.41) is 0. The first-order valence-electron chi connectivity index (χ1n) is 8.17. The summed E-state index contributed by atoms with van der Waals surface area (Å²) in [6.07, 6.45) is 5.59. The monoisotopic (exact) mass is 320 g/mol. The first-order chi connectivity index (χ1) is 10.6. The van der Waals surface area contributed by atoms with E-state index < -0.39 is 5.41 Å². The van der Waals surface area contributed by atoms with E-state index >= 15 is 0 Å². The van der Waals surface area contributed by atoms with Crippen molar-refractivity contribution in [2.45, 2.75) is 58.3 Å². The number of unbranched alkanes of at least 4 members (excludes halogenated alkanes) is 1. The molecule has 0 heterocycles. The fourth-order valence-electron chi connectivity index (χ4n) is 2.35. The van der Waals surface area contributed by atoms with E-state index in [1.165, 1.54) is 4.90 Å². The minimum Gasteiger partial charge on any atom is -0.465 e. The largest absolute Gasteiger partial charge is 0.465 e. The molecule has 3 heteroatoms. The Kier molecular flexibility index (Phi) is 8.32. The Labute approximate surface area is 139 Å². The zero-order chi connectivity index (χ0) is 16.4. The molecule has 0 amide bonds. The van der Waals surface area contributed by atoms with Crippen molar-refractivity contribution in [3.8, 4) is 0 Å². The molecule has 0 saturated carbocycles. The number of carbonyl (C=O) groups excluding carboxylic acids is 1. The molecule has 0 aromatic heterocycles. The molecule has 0 aliphatic heterocycles. The molecule has 0 fully saturated rings. The highest BCUT2D eigenvalue weighted by Crippen LogP contribution is 2.36. The maximum Gasteiger partial charge on any atom is 0.315 e. The number of allylic oxidation sites excluding steroid dienone is 1. The van der Waals surface area contributed by atoms with E-state index in [2.05, 4.69) is 45.9 Å². The quantitative estimate of drug-likeness (QED) is 0.325. The molecule has 0 atom stereocenters. The molecule has 0 radical (unpaired) electrons. The maximum atomic E-state index is 12.5. The Morgan fingerprint density at radius 1 is 1.18 bits per heavy atom. The van der Waals surface area contributed by atoms with Crippen molar-refractivity contribution in [1.29, 1.82) is 0 Å². The van der Waals surface area contributed by atoms with E-state index in [0.717, 1.165) is 30.6 Å². The van der Waals surface area contributed by atoms with Crippen molar-refractivity contribution in [1.82, 2.24) is 0 Å². The number of ether oxygens (including phenoxy) is 1. The van der Waals surface area contributed by atoms with Crippen molar-refractivity contribution in [3.05, 3.63) is 41.3 Å². The van der Waals surface area contributed by atoms with Crippen LogP contribution in [0.15, 0.2) is 46.2 Å². The third-order valence-electron chi connectivity index (χ3n) is 3.90. The van der Waals surface area contributed by atoms with E-state index in [-0.39, 0.29) is 5.97 Å². The average Bonchev–Trinajstić information content (AvgIpc) is 2.53. The average molecular weight is 320 g/mol. The zero-order valence-electron chi connectivity index (χ0n) is 14.2. The molecular weight excluding hydrogens is 292 g/mol. The second-order valence-corrected chi connectivity index (χ2v) is 6.84. The minimum absolute atomic E-state index is 0.0843. The van der Waals surface area contributed by atoms with Gasteiger partial charge in [0.05, 0.1) is 12.0 Å². The molecule has 2 nitrogen and oxygen atoms in total. The molecule has 0 N–H and O–H groups in total. The topological polar surface area (TPSA) is 26.3 Å². The number of thioether (sulfide) groups is 1. The van der Waals surface area contributed by atoms with Crippen molar-refractivity contribution < 1.29 is 9.53 Å². The smallest absolute Gasteiger partial charge is 0.315 e. The van der Waals surface area contributed by atoms with Gasteiger partial charge in [-0.05, 0) is 43.2 Å². The molecule has 1 aromatic carbocycles. The Morgan fingerprint density at radius 2 is 1.82 bits per heavy atom. The van der Waals surface area contributed by atoms with E-state index in [1.54, 1.807) is 11.8 Å². The molecule has 1 aromatic rings. The summed E-state index contributed by atoms with van der Waals surface area (Å²) in [5.74, 6) is -0.0843. The summed E-state index contributed by atoms with van der Waals surface area (Å²) >= 11 is 1.70. The highest BCUT2D eigenvalue weighted by molar-refractivity contribution is 8.03. The lowest BCUT2D eigenvalue weighted by Crippen LogP contribution is -2.30. The summed E-state index contributed by atoms with van der Waals surface area (Å²) < 4.78 is 5.49. The first-order valence-corrected chi connectivity index (χ1v) is 8.99. The fourth-order valence-corrected chi connectivity index (χ4v) is 3.30. The SMILES string of the molecule is CCCCOC(=O)C(/C=C(\C)Sc1ccccc1)(CC)CC. The van der Waals surface area contributed by atoms with Gasteiger partial charge < -0.3 is 4.74 Å². The molecule has 0 bridgehead atoms. The van der Waals surface area contributed by atoms with Gasteiger partial charge in [0.1, 0.15) is 0 Å². The lowest BCUT2D eigenvalue weighted by molar-refractivity contribution is -0.153. The molecule has 0 saturated heterocycles. The predicted molar refractivity (Wildman–Crippen MR) is 94.9 cm³/mol. The highest BCUT2D eigenvalue weighted by Gasteiger charge is 2.34. The van der Waals surface area contributed by atoms with Crippen LogP contribution >= 0.6 is 11.8 Å². The van der Waals surface area contributed by atoms with Gasteiger partial charge in [-0.2, -0.15) is 0 Å². The number of benzene rings is 1. The Balaban J connectivity index is 2.84. The molecule has 22 heavy (non-hydrogen) atoms. The van der Waals surface area contributed by atoms with Crippen LogP contribution in [-0.4, -0.2) is 12.6 Å². The normalized spacial score (nSPS) is 12.3. The van der Waals surface area contributed by atoms with Gasteiger partial charge in [0.25, 0.3) is 0 Å². The Bertz CT molecular complexity index is 475. The van der Waals surface area contributed by atoms with Crippen molar-refractivity contribution in [2.24, 2.45) is 5.41 Å². The van der Waals surface area contributed by atoms with Crippen LogP contribution in [0.2, 0.25) is 0 Å². The van der Waals surface area contributed by atoms with Gasteiger partial charge in [-0.3, -0.25) is 4.79 Å². The summed E-state index contributed by atoms with van der Waals surface area (Å²) in [6, 6.07) is 10.2. The van der Waals surface area contributed by atoms with Gasteiger partial charge in [-0.1, -0.05) is 63.2 Å². The van der Waals surface area contributed by atoms with Crippen molar-refractivity contribution in [3.63, 3.8) is 0 Å². The van der Waals surface area contributed by atoms with Gasteiger partial charge in [0.2, 0.25) is 0 Å². The van der Waals surface area contributed by atoms with E-state index in [9.17, 15) is 4.79 Å². The number of esters is 1. The summed E-state index contributed by atoms with van der Waals surface area (Å²) in [6.45, 7) is 8.80. The predicted octanol–water partition coefficient (Wildman–Crippen LogP) is 5.83. The van der Waals surface area contributed by atoms with E-state index in [4.69, 9.17) is 4.74 Å². The molecule has 0 unspecified atom stereocenters. The number of rotatable bonds is 9. The molecule has 1 rings (SSSR count). The first kappa shape index (κ1) is 18.8. The lowest BCUT2D eigenvalue weighted by Gasteiger charge is -2.26.